The van der Waals surface area contributed by atoms with Crippen molar-refractivity contribution in [1.82, 2.24) is 16.0 Å². The number of para-hydroxylation sites is 1. The van der Waals surface area contributed by atoms with Gasteiger partial charge in [0.1, 0.15) is 5.82 Å². The highest BCUT2D eigenvalue weighted by molar-refractivity contribution is 5.89. The van der Waals surface area contributed by atoms with Crippen LogP contribution in [0.5, 0.6) is 0 Å². The Labute approximate surface area is 183 Å². The van der Waals surface area contributed by atoms with Crippen molar-refractivity contribution in [2.24, 2.45) is 0 Å². The normalized spacial score (nSPS) is 14.0. The second-order valence-electron chi connectivity index (χ2n) is 7.23. The van der Waals surface area contributed by atoms with Gasteiger partial charge in [-0.1, -0.05) is 72.8 Å². The first-order valence-electron chi connectivity index (χ1n) is 10.5. The summed E-state index contributed by atoms with van der Waals surface area (Å²) in [7, 11) is 0. The lowest BCUT2D eigenvalue weighted by atomic mass is 9.99. The molecular formula is C25H29FN4O. The number of anilines is 1. The molecule has 1 saturated heterocycles. The first-order chi connectivity index (χ1) is 15.2. The lowest BCUT2D eigenvalue weighted by Crippen LogP contribution is -2.39. The van der Waals surface area contributed by atoms with Gasteiger partial charge in [0.05, 0.1) is 11.7 Å². The van der Waals surface area contributed by atoms with Crippen molar-refractivity contribution in [2.45, 2.75) is 12.5 Å². The predicted octanol–water partition coefficient (Wildman–Crippen LogP) is 4.11. The molecule has 1 unspecified atom stereocenters. The van der Waals surface area contributed by atoms with E-state index in [0.29, 0.717) is 6.42 Å². The van der Waals surface area contributed by atoms with Gasteiger partial charge in [0.15, 0.2) is 0 Å². The molecule has 162 valence electrons. The van der Waals surface area contributed by atoms with E-state index >= 15 is 0 Å². The number of hydrogen-bond acceptors (Lipinski definition) is 3. The highest BCUT2D eigenvalue weighted by Gasteiger charge is 2.16. The Balaban J connectivity index is 0.000000391. The van der Waals surface area contributed by atoms with Crippen LogP contribution in [-0.2, 0) is 6.42 Å². The summed E-state index contributed by atoms with van der Waals surface area (Å²) in [6.45, 7) is 4.56. The summed E-state index contributed by atoms with van der Waals surface area (Å²) in [4.78, 5) is 12.3. The summed E-state index contributed by atoms with van der Waals surface area (Å²) in [5.41, 5.74) is 2.27. The number of nitrogens with one attached hydrogen (secondary N) is 4. The minimum absolute atomic E-state index is 0.159. The number of hydrogen-bond donors (Lipinski definition) is 4. The van der Waals surface area contributed by atoms with Gasteiger partial charge in [0.2, 0.25) is 0 Å². The summed E-state index contributed by atoms with van der Waals surface area (Å²) < 4.78 is 13.7. The van der Waals surface area contributed by atoms with Crippen molar-refractivity contribution in [1.29, 1.82) is 0 Å². The zero-order chi connectivity index (χ0) is 21.7. The van der Waals surface area contributed by atoms with Gasteiger partial charge >= 0.3 is 6.03 Å². The molecule has 0 saturated carbocycles. The molecule has 2 amide bonds. The van der Waals surface area contributed by atoms with Crippen molar-refractivity contribution in [2.75, 3.05) is 31.5 Å². The van der Waals surface area contributed by atoms with Crippen LogP contribution in [0.2, 0.25) is 0 Å². The van der Waals surface area contributed by atoms with Crippen LogP contribution in [0.25, 0.3) is 0 Å². The molecule has 5 nitrogen and oxygen atoms in total. The average Bonchev–Trinajstić information content (AvgIpc) is 2.83. The van der Waals surface area contributed by atoms with Crippen LogP contribution >= 0.6 is 0 Å². The topological polar surface area (TPSA) is 65.2 Å². The summed E-state index contributed by atoms with van der Waals surface area (Å²) in [5.74, 6) is -0.461. The first-order valence-corrected chi connectivity index (χ1v) is 10.5. The van der Waals surface area contributed by atoms with Gasteiger partial charge in [0, 0.05) is 26.2 Å². The second-order valence-corrected chi connectivity index (χ2v) is 7.23. The third-order valence-corrected chi connectivity index (χ3v) is 4.87. The monoisotopic (exact) mass is 420 g/mol. The molecule has 3 aromatic carbocycles. The van der Waals surface area contributed by atoms with E-state index in [1.807, 2.05) is 60.7 Å². The largest absolute Gasteiger partial charge is 0.331 e. The van der Waals surface area contributed by atoms with E-state index in [4.69, 9.17) is 0 Å². The van der Waals surface area contributed by atoms with E-state index in [2.05, 4.69) is 21.3 Å². The Kier molecular flexibility index (Phi) is 9.04. The first kappa shape index (κ1) is 22.5. The second kappa shape index (κ2) is 12.5. The van der Waals surface area contributed by atoms with Gasteiger partial charge in [-0.3, -0.25) is 0 Å². The van der Waals surface area contributed by atoms with Gasteiger partial charge in [0.25, 0.3) is 0 Å². The third-order valence-electron chi connectivity index (χ3n) is 4.87. The number of carbonyl (C=O) groups is 1. The highest BCUT2D eigenvalue weighted by Crippen LogP contribution is 2.19. The predicted molar refractivity (Wildman–Crippen MR) is 124 cm³/mol. The van der Waals surface area contributed by atoms with Gasteiger partial charge in [-0.05, 0) is 29.7 Å². The molecule has 3 aromatic rings. The lowest BCUT2D eigenvalue weighted by molar-refractivity contribution is 0.248. The van der Waals surface area contributed by atoms with Crippen LogP contribution in [-0.4, -0.2) is 32.2 Å². The molecular weight excluding hydrogens is 391 g/mol. The molecule has 0 spiro atoms. The van der Waals surface area contributed by atoms with Crippen LogP contribution in [0.3, 0.4) is 0 Å². The van der Waals surface area contributed by atoms with Gasteiger partial charge in [-0.2, -0.15) is 0 Å². The summed E-state index contributed by atoms with van der Waals surface area (Å²) in [6.07, 6.45) is 0.648. The molecule has 1 fully saturated rings. The van der Waals surface area contributed by atoms with Gasteiger partial charge in [-0.15, -0.1) is 0 Å². The Hall–Kier alpha value is -3.22. The quantitative estimate of drug-likeness (QED) is 0.502. The fourth-order valence-corrected chi connectivity index (χ4v) is 3.27. The SMILES string of the molecule is C1CNCCN1.O=C(Nc1ccccc1F)NC(Cc1ccccc1)c1ccccc1. The fourth-order valence-electron chi connectivity index (χ4n) is 3.27. The van der Waals surface area contributed by atoms with E-state index in [1.54, 1.807) is 12.1 Å². The van der Waals surface area contributed by atoms with E-state index in [-0.39, 0.29) is 11.7 Å². The maximum atomic E-state index is 13.7. The summed E-state index contributed by atoms with van der Waals surface area (Å²) in [6, 6.07) is 25.1. The number of carbonyl (C=O) groups excluding carboxylic acids is 1. The number of halogens is 1. The minimum Gasteiger partial charge on any atom is -0.331 e. The van der Waals surface area contributed by atoms with E-state index in [0.717, 1.165) is 37.3 Å². The van der Waals surface area contributed by atoms with Crippen molar-refractivity contribution < 1.29 is 9.18 Å². The van der Waals surface area contributed by atoms with Gasteiger partial charge < -0.3 is 21.3 Å². The zero-order valence-electron chi connectivity index (χ0n) is 17.5. The maximum Gasteiger partial charge on any atom is 0.319 e. The molecule has 4 N–H and O–H groups in total. The van der Waals surface area contributed by atoms with Crippen LogP contribution in [0.4, 0.5) is 14.9 Å². The molecule has 1 heterocycles. The Morgan fingerprint density at radius 3 is 1.94 bits per heavy atom. The van der Waals surface area contributed by atoms with Crippen LogP contribution < -0.4 is 21.3 Å². The molecule has 31 heavy (non-hydrogen) atoms. The zero-order valence-corrected chi connectivity index (χ0v) is 17.5. The van der Waals surface area contributed by atoms with Crippen molar-refractivity contribution in [3.05, 3.63) is 102 Å². The van der Waals surface area contributed by atoms with Crippen molar-refractivity contribution in [3.8, 4) is 0 Å². The molecule has 1 aliphatic heterocycles. The molecule has 4 rings (SSSR count). The van der Waals surface area contributed by atoms with E-state index in [1.165, 1.54) is 12.1 Å². The molecule has 0 bridgehead atoms. The Bertz CT molecular complexity index is 906. The number of amides is 2. The van der Waals surface area contributed by atoms with Crippen molar-refractivity contribution in [3.63, 3.8) is 0 Å². The smallest absolute Gasteiger partial charge is 0.319 e. The van der Waals surface area contributed by atoms with Crippen LogP contribution in [0.1, 0.15) is 17.2 Å². The van der Waals surface area contributed by atoms with Gasteiger partial charge in [-0.25, -0.2) is 9.18 Å². The number of rotatable bonds is 5. The van der Waals surface area contributed by atoms with E-state index in [9.17, 15) is 9.18 Å². The third kappa shape index (κ3) is 7.85. The molecule has 0 radical (unpaired) electrons. The molecule has 0 aromatic heterocycles. The molecule has 1 atom stereocenters. The summed E-state index contributed by atoms with van der Waals surface area (Å²) in [5, 5.41) is 12.0. The summed E-state index contributed by atoms with van der Waals surface area (Å²) >= 11 is 0. The fraction of sp³-hybridized carbons (Fsp3) is 0.240. The number of benzene rings is 3. The Morgan fingerprint density at radius 2 is 1.35 bits per heavy atom. The van der Waals surface area contributed by atoms with Crippen LogP contribution in [0.15, 0.2) is 84.9 Å². The standard InChI is InChI=1S/C21H19FN2O.C4H10N2/c22-18-13-7-8-14-19(18)23-21(25)24-20(17-11-5-2-6-12-17)15-16-9-3-1-4-10-16;1-2-6-4-3-5-1/h1-14,20H,15H2,(H2,23,24,25);5-6H,1-4H2. The molecule has 1 aliphatic rings. The van der Waals surface area contributed by atoms with Crippen LogP contribution in [0, 0.1) is 5.82 Å². The average molecular weight is 421 g/mol. The van der Waals surface area contributed by atoms with Crippen molar-refractivity contribution >= 4 is 11.7 Å². The minimum atomic E-state index is -0.461. The highest BCUT2D eigenvalue weighted by atomic mass is 19.1. The lowest BCUT2D eigenvalue weighted by Gasteiger charge is -2.20. The number of piperazine rings is 1. The molecule has 0 aliphatic carbocycles. The number of urea groups is 1. The Morgan fingerprint density at radius 1 is 0.806 bits per heavy atom. The van der Waals surface area contributed by atoms with E-state index < -0.39 is 11.8 Å². The molecule has 6 heteroatoms. The maximum absolute atomic E-state index is 13.7.